The van der Waals surface area contributed by atoms with Gasteiger partial charge < -0.3 is 10.6 Å². The van der Waals surface area contributed by atoms with E-state index in [4.69, 9.17) is 34.8 Å². The van der Waals surface area contributed by atoms with Crippen LogP contribution < -0.4 is 10.6 Å². The van der Waals surface area contributed by atoms with Crippen molar-refractivity contribution in [2.75, 3.05) is 6.54 Å². The van der Waals surface area contributed by atoms with Gasteiger partial charge in [0.15, 0.2) is 0 Å². The summed E-state index contributed by atoms with van der Waals surface area (Å²) in [7, 11) is 0. The van der Waals surface area contributed by atoms with E-state index in [2.05, 4.69) is 0 Å². The van der Waals surface area contributed by atoms with Crippen molar-refractivity contribution in [1.29, 1.82) is 0 Å². The van der Waals surface area contributed by atoms with Crippen molar-refractivity contribution in [3.8, 4) is 0 Å². The third kappa shape index (κ3) is 8.90. The highest BCUT2D eigenvalue weighted by Crippen LogP contribution is 2.42. The minimum atomic E-state index is -5.34. The van der Waals surface area contributed by atoms with Crippen molar-refractivity contribution in [2.24, 2.45) is 0 Å². The Kier molecular flexibility index (Phi) is 10.4. The molecule has 0 aliphatic carbocycles. The Balaban J connectivity index is 2.45. The van der Waals surface area contributed by atoms with Gasteiger partial charge >= 0.3 is 18.5 Å². The zero-order valence-corrected chi connectivity index (χ0v) is 21.8. The number of hydrogen-bond acceptors (Lipinski definition) is 2. The average Bonchev–Trinajstić information content (AvgIpc) is 2.81. The molecule has 0 saturated heterocycles. The SMILES string of the molecule is CC(NC(=O)c1ccc(/C(F)=C/C(c2cc(Cl)c(Cl)c(Cl)c2)C(F)(F)F)cc1C(F)(F)F)C(=O)NCC(F)(F)F. The topological polar surface area (TPSA) is 58.2 Å². The van der Waals surface area contributed by atoms with E-state index in [1.807, 2.05) is 0 Å². The fourth-order valence-electron chi connectivity index (χ4n) is 3.18. The minimum Gasteiger partial charge on any atom is -0.345 e. The summed E-state index contributed by atoms with van der Waals surface area (Å²) in [6.07, 6.45) is -15.3. The van der Waals surface area contributed by atoms with Gasteiger partial charge in [-0.05, 0) is 42.8 Å². The highest BCUT2D eigenvalue weighted by atomic mass is 35.5. The lowest BCUT2D eigenvalue weighted by Gasteiger charge is -2.20. The monoisotopic (exact) mass is 646 g/mol. The largest absolute Gasteiger partial charge is 0.417 e. The van der Waals surface area contributed by atoms with E-state index in [0.717, 1.165) is 19.1 Å². The van der Waals surface area contributed by atoms with E-state index in [1.165, 1.54) is 5.32 Å². The second kappa shape index (κ2) is 12.4. The first kappa shape index (κ1) is 33.5. The molecule has 2 aromatic carbocycles. The number of rotatable bonds is 7. The van der Waals surface area contributed by atoms with E-state index >= 15 is 0 Å². The highest BCUT2D eigenvalue weighted by molar-refractivity contribution is 6.48. The summed E-state index contributed by atoms with van der Waals surface area (Å²) in [6, 6.07) is 0.832. The van der Waals surface area contributed by atoms with E-state index in [0.29, 0.717) is 12.1 Å². The quantitative estimate of drug-likeness (QED) is 0.236. The third-order valence-electron chi connectivity index (χ3n) is 5.08. The van der Waals surface area contributed by atoms with Gasteiger partial charge in [-0.25, -0.2) is 4.39 Å². The summed E-state index contributed by atoms with van der Waals surface area (Å²) in [5.41, 5.74) is -4.65. The Bertz CT molecular complexity index is 1280. The van der Waals surface area contributed by atoms with Crippen LogP contribution in [0, 0.1) is 0 Å². The van der Waals surface area contributed by atoms with Crippen LogP contribution in [-0.4, -0.2) is 36.8 Å². The summed E-state index contributed by atoms with van der Waals surface area (Å²) in [6.45, 7) is -0.881. The van der Waals surface area contributed by atoms with Gasteiger partial charge in [-0.3, -0.25) is 9.59 Å². The summed E-state index contributed by atoms with van der Waals surface area (Å²) >= 11 is 17.2. The summed E-state index contributed by atoms with van der Waals surface area (Å²) in [5, 5.41) is 2.12. The molecule has 0 aromatic heterocycles. The van der Waals surface area contributed by atoms with Crippen LogP contribution in [0.25, 0.3) is 5.83 Å². The Morgan fingerprint density at radius 1 is 0.925 bits per heavy atom. The number of allylic oxidation sites excluding steroid dienone is 1. The second-order valence-corrected chi connectivity index (χ2v) is 9.31. The lowest BCUT2D eigenvalue weighted by molar-refractivity contribution is -0.140. The molecule has 0 aliphatic rings. The van der Waals surface area contributed by atoms with Crippen LogP contribution in [-0.2, 0) is 11.0 Å². The Hall–Kier alpha value is -2.71. The molecule has 0 bridgehead atoms. The molecular weight excluding hydrogens is 633 g/mol. The number of nitrogens with one attached hydrogen (secondary N) is 2. The van der Waals surface area contributed by atoms with Gasteiger partial charge in [0.2, 0.25) is 5.91 Å². The molecule has 2 N–H and O–H groups in total. The third-order valence-corrected chi connectivity index (χ3v) is 6.28. The van der Waals surface area contributed by atoms with Crippen molar-refractivity contribution < 1.29 is 53.5 Å². The highest BCUT2D eigenvalue weighted by Gasteiger charge is 2.41. The molecule has 40 heavy (non-hydrogen) atoms. The molecular formula is C23H15Cl3F10N2O2. The summed E-state index contributed by atoms with van der Waals surface area (Å²) in [4.78, 5) is 24.1. The first-order valence-corrected chi connectivity index (χ1v) is 11.7. The van der Waals surface area contributed by atoms with E-state index in [-0.39, 0.29) is 17.2 Å². The molecule has 2 unspecified atom stereocenters. The van der Waals surface area contributed by atoms with Crippen LogP contribution in [0.4, 0.5) is 43.9 Å². The molecule has 2 amide bonds. The number of alkyl halides is 9. The number of amides is 2. The zero-order chi connectivity index (χ0) is 30.8. The number of benzene rings is 2. The normalized spacial score (nSPS) is 14.5. The molecule has 2 atom stereocenters. The van der Waals surface area contributed by atoms with Gasteiger partial charge in [-0.2, -0.15) is 39.5 Å². The van der Waals surface area contributed by atoms with Crippen LogP contribution in [0.1, 0.15) is 39.9 Å². The standard InChI is InChI=1S/C23H15Cl3F10N2O2/c1-9(19(39)37-8-21(28,29)30)38-20(40)12-3-2-10(4-14(12)23(34,35)36)17(27)7-13(22(31,32)33)11-5-15(24)18(26)16(25)6-11/h2-7,9,13H,8H2,1H3,(H,37,39)(H,38,40)/b17-7-. The van der Waals surface area contributed by atoms with Crippen LogP contribution in [0.15, 0.2) is 36.4 Å². The average molecular weight is 648 g/mol. The fraction of sp³-hybridized carbons (Fsp3) is 0.304. The molecule has 17 heteroatoms. The number of halogens is 13. The van der Waals surface area contributed by atoms with Crippen molar-refractivity contribution in [3.05, 3.63) is 73.7 Å². The van der Waals surface area contributed by atoms with Gasteiger partial charge in [0, 0.05) is 5.56 Å². The van der Waals surface area contributed by atoms with E-state index in [1.54, 1.807) is 5.32 Å². The van der Waals surface area contributed by atoms with Crippen LogP contribution in [0.2, 0.25) is 15.1 Å². The van der Waals surface area contributed by atoms with Crippen LogP contribution >= 0.6 is 34.8 Å². The van der Waals surface area contributed by atoms with Crippen molar-refractivity contribution in [1.82, 2.24) is 10.6 Å². The van der Waals surface area contributed by atoms with Gasteiger partial charge in [-0.1, -0.05) is 40.9 Å². The van der Waals surface area contributed by atoms with Crippen molar-refractivity contribution in [3.63, 3.8) is 0 Å². The number of carbonyl (C=O) groups excluding carboxylic acids is 2. The maximum absolute atomic E-state index is 14.9. The molecule has 2 rings (SSSR count). The molecule has 0 heterocycles. The second-order valence-electron chi connectivity index (χ2n) is 8.12. The lowest BCUT2D eigenvalue weighted by Crippen LogP contribution is -2.47. The Morgan fingerprint density at radius 2 is 1.48 bits per heavy atom. The lowest BCUT2D eigenvalue weighted by atomic mass is 9.95. The van der Waals surface area contributed by atoms with Gasteiger partial charge in [-0.15, -0.1) is 0 Å². The predicted molar refractivity (Wildman–Crippen MR) is 127 cm³/mol. The van der Waals surface area contributed by atoms with Crippen molar-refractivity contribution >= 4 is 52.4 Å². The smallest absolute Gasteiger partial charge is 0.345 e. The van der Waals surface area contributed by atoms with Crippen LogP contribution in [0.5, 0.6) is 0 Å². The van der Waals surface area contributed by atoms with E-state index in [9.17, 15) is 53.5 Å². The van der Waals surface area contributed by atoms with Crippen molar-refractivity contribution in [2.45, 2.75) is 37.4 Å². The molecule has 4 nitrogen and oxygen atoms in total. The number of hydrogen-bond donors (Lipinski definition) is 2. The van der Waals surface area contributed by atoms with E-state index < -0.39 is 87.0 Å². The summed E-state index contributed by atoms with van der Waals surface area (Å²) in [5.74, 6) is -7.43. The Labute approximate surface area is 234 Å². The molecule has 0 aliphatic heterocycles. The predicted octanol–water partition coefficient (Wildman–Crippen LogP) is 8.12. The molecule has 0 radical (unpaired) electrons. The maximum Gasteiger partial charge on any atom is 0.417 e. The Morgan fingerprint density at radius 3 is 1.95 bits per heavy atom. The fourth-order valence-corrected chi connectivity index (χ4v) is 3.80. The maximum atomic E-state index is 14.9. The zero-order valence-electron chi connectivity index (χ0n) is 19.6. The molecule has 0 saturated carbocycles. The molecule has 0 spiro atoms. The molecule has 2 aromatic rings. The number of carbonyl (C=O) groups is 2. The van der Waals surface area contributed by atoms with Crippen LogP contribution in [0.3, 0.4) is 0 Å². The molecule has 220 valence electrons. The van der Waals surface area contributed by atoms with Gasteiger partial charge in [0.25, 0.3) is 5.91 Å². The molecule has 0 fully saturated rings. The first-order valence-electron chi connectivity index (χ1n) is 10.6. The minimum absolute atomic E-state index is 0.0296. The first-order chi connectivity index (χ1) is 18.1. The van der Waals surface area contributed by atoms with Gasteiger partial charge in [0.1, 0.15) is 24.3 Å². The van der Waals surface area contributed by atoms with Gasteiger partial charge in [0.05, 0.1) is 26.2 Å². The summed E-state index contributed by atoms with van der Waals surface area (Å²) < 4.78 is 134.